The normalized spacial score (nSPS) is 23.7. The molecule has 1 aliphatic heterocycles. The molecular weight excluding hydrogens is 610 g/mol. The van der Waals surface area contributed by atoms with Gasteiger partial charge in [0.1, 0.15) is 24.4 Å². The van der Waals surface area contributed by atoms with Crippen molar-refractivity contribution < 1.29 is 39.8 Å². The topological polar surface area (TPSA) is 149 Å². The van der Waals surface area contributed by atoms with E-state index in [1.165, 1.54) is 0 Å². The summed E-state index contributed by atoms with van der Waals surface area (Å²) >= 11 is 0. The minimum absolute atomic E-state index is 0.216. The molecule has 7 atom stereocenters. The maximum atomic E-state index is 12.7. The van der Waals surface area contributed by atoms with Gasteiger partial charge >= 0.3 is 0 Å². The highest BCUT2D eigenvalue weighted by molar-refractivity contribution is 5.76. The van der Waals surface area contributed by atoms with Crippen LogP contribution in [0.2, 0.25) is 0 Å². The molecule has 0 aromatic heterocycles. The van der Waals surface area contributed by atoms with Crippen molar-refractivity contribution in [2.45, 2.75) is 140 Å². The smallest absolute Gasteiger partial charge is 0.220 e. The Kier molecular flexibility index (Phi) is 26.5. The minimum atomic E-state index is -1.58. The second kappa shape index (κ2) is 29.3. The van der Waals surface area contributed by atoms with Crippen LogP contribution in [0.1, 0.15) is 97.3 Å². The lowest BCUT2D eigenvalue weighted by molar-refractivity contribution is -0.302. The second-order valence-corrected chi connectivity index (χ2v) is 11.9. The number of hydrogen-bond donors (Lipinski definition) is 6. The number of carbonyl (C=O) groups excluding carboxylic acids is 1. The van der Waals surface area contributed by atoms with Gasteiger partial charge in [-0.25, -0.2) is 0 Å². The number of aliphatic hydroxyl groups excluding tert-OH is 5. The molecule has 48 heavy (non-hydrogen) atoms. The lowest BCUT2D eigenvalue weighted by Crippen LogP contribution is -2.60. The number of hydrogen-bond acceptors (Lipinski definition) is 8. The first-order valence-electron chi connectivity index (χ1n) is 17.8. The zero-order valence-electron chi connectivity index (χ0n) is 29.2. The van der Waals surface area contributed by atoms with Gasteiger partial charge in [-0.3, -0.25) is 4.79 Å². The van der Waals surface area contributed by atoms with Crippen LogP contribution in [0.25, 0.3) is 0 Å². The lowest BCUT2D eigenvalue weighted by atomic mass is 9.99. The van der Waals surface area contributed by atoms with Crippen molar-refractivity contribution in [2.75, 3.05) is 13.2 Å². The van der Waals surface area contributed by atoms with E-state index in [0.29, 0.717) is 6.42 Å². The highest BCUT2D eigenvalue weighted by Gasteiger charge is 2.44. The van der Waals surface area contributed by atoms with Crippen molar-refractivity contribution in [1.82, 2.24) is 5.32 Å². The van der Waals surface area contributed by atoms with Crippen LogP contribution in [0.3, 0.4) is 0 Å². The van der Waals surface area contributed by atoms with Crippen LogP contribution < -0.4 is 5.32 Å². The molecule has 1 aliphatic rings. The van der Waals surface area contributed by atoms with E-state index in [9.17, 15) is 30.3 Å². The Labute approximate surface area is 289 Å². The molecule has 0 saturated carbocycles. The van der Waals surface area contributed by atoms with Gasteiger partial charge in [-0.05, 0) is 64.2 Å². The Morgan fingerprint density at radius 1 is 0.729 bits per heavy atom. The van der Waals surface area contributed by atoms with Gasteiger partial charge in [-0.1, -0.05) is 112 Å². The van der Waals surface area contributed by atoms with E-state index < -0.39 is 49.5 Å². The number of carbonyl (C=O) groups is 1. The van der Waals surface area contributed by atoms with Crippen LogP contribution in [0.5, 0.6) is 0 Å². The number of rotatable bonds is 26. The third kappa shape index (κ3) is 20.7. The summed E-state index contributed by atoms with van der Waals surface area (Å²) in [4.78, 5) is 12.7. The first kappa shape index (κ1) is 43.4. The third-order valence-electron chi connectivity index (χ3n) is 7.73. The van der Waals surface area contributed by atoms with E-state index >= 15 is 0 Å². The van der Waals surface area contributed by atoms with E-state index in [2.05, 4.69) is 92.1 Å². The number of aliphatic hydroxyl groups is 5. The monoisotopic (exact) mass is 673 g/mol. The molecule has 1 heterocycles. The highest BCUT2D eigenvalue weighted by Crippen LogP contribution is 2.22. The standard InChI is InChI=1S/C39H63NO8/c1-3-5-7-9-10-11-12-13-14-15-16-17-18-19-20-21-22-23-24-25-27-29-35(43)40-32(33(42)28-26-8-6-4-2)31-47-39-38(46)37(45)36(44)34(30-41)48-39/h5,7,10-11,13-14,16-17,19-20,22-23,26,28,32-34,36-39,41-42,44-46H,3-4,6,8-9,12,15,18,21,24-25,27,29-31H2,1-2H3,(H,40,43)/b7-5-,11-10-,14-13-,17-16-,20-19-,23-22-,28-26+. The summed E-state index contributed by atoms with van der Waals surface area (Å²) in [6.45, 7) is 3.42. The molecule has 272 valence electrons. The minimum Gasteiger partial charge on any atom is -0.394 e. The number of amides is 1. The molecule has 0 radical (unpaired) electrons. The zero-order valence-corrected chi connectivity index (χ0v) is 29.2. The summed E-state index contributed by atoms with van der Waals surface area (Å²) in [5, 5.41) is 53.3. The molecule has 1 rings (SSSR count). The van der Waals surface area contributed by atoms with Gasteiger partial charge in [0, 0.05) is 6.42 Å². The van der Waals surface area contributed by atoms with Crippen molar-refractivity contribution in [3.8, 4) is 0 Å². The van der Waals surface area contributed by atoms with Crippen LogP contribution in [0.15, 0.2) is 85.1 Å². The van der Waals surface area contributed by atoms with Gasteiger partial charge in [-0.2, -0.15) is 0 Å². The SMILES string of the molecule is CC/C=C\C/C=C\C/C=C\C/C=C\C/C=C\C/C=C\CCCCC(=O)NC(COC1OC(CO)C(O)C(O)C1O)C(O)/C=C/CCCC. The molecule has 0 bridgehead atoms. The van der Waals surface area contributed by atoms with Crippen LogP contribution in [0.4, 0.5) is 0 Å². The Hall–Kier alpha value is -2.63. The molecule has 0 spiro atoms. The van der Waals surface area contributed by atoms with E-state index in [0.717, 1.165) is 70.6 Å². The zero-order chi connectivity index (χ0) is 35.2. The lowest BCUT2D eigenvalue weighted by Gasteiger charge is -2.40. The van der Waals surface area contributed by atoms with Crippen molar-refractivity contribution in [3.05, 3.63) is 85.1 Å². The van der Waals surface area contributed by atoms with Crippen LogP contribution in [-0.2, 0) is 14.3 Å². The van der Waals surface area contributed by atoms with E-state index in [-0.39, 0.29) is 18.9 Å². The molecule has 6 N–H and O–H groups in total. The summed E-state index contributed by atoms with van der Waals surface area (Å²) in [5.74, 6) is -0.235. The second-order valence-electron chi connectivity index (χ2n) is 11.9. The van der Waals surface area contributed by atoms with Crippen molar-refractivity contribution in [2.24, 2.45) is 0 Å². The van der Waals surface area contributed by atoms with E-state index in [1.807, 2.05) is 6.08 Å². The van der Waals surface area contributed by atoms with Gasteiger partial charge < -0.3 is 40.3 Å². The fourth-order valence-corrected chi connectivity index (χ4v) is 4.79. The number of ether oxygens (including phenoxy) is 2. The average molecular weight is 674 g/mol. The summed E-state index contributed by atoms with van der Waals surface area (Å²) in [7, 11) is 0. The predicted molar refractivity (Wildman–Crippen MR) is 193 cm³/mol. The maximum absolute atomic E-state index is 12.7. The van der Waals surface area contributed by atoms with Gasteiger partial charge in [0.05, 0.1) is 25.4 Å². The quantitative estimate of drug-likeness (QED) is 0.0510. The summed E-state index contributed by atoms with van der Waals surface area (Å²) < 4.78 is 11.0. The molecule has 0 aromatic rings. The Bertz CT molecular complexity index is 1020. The van der Waals surface area contributed by atoms with Crippen molar-refractivity contribution in [1.29, 1.82) is 0 Å². The number of unbranched alkanes of at least 4 members (excludes halogenated alkanes) is 4. The molecule has 0 aromatic carbocycles. The summed E-state index contributed by atoms with van der Waals surface area (Å²) in [6, 6.07) is -0.828. The molecule has 1 fully saturated rings. The Morgan fingerprint density at radius 2 is 1.27 bits per heavy atom. The van der Waals surface area contributed by atoms with Gasteiger partial charge in [0.2, 0.25) is 5.91 Å². The molecule has 9 nitrogen and oxygen atoms in total. The van der Waals surface area contributed by atoms with Crippen molar-refractivity contribution in [3.63, 3.8) is 0 Å². The maximum Gasteiger partial charge on any atom is 0.220 e. The van der Waals surface area contributed by atoms with Gasteiger partial charge in [0.25, 0.3) is 0 Å². The molecular formula is C39H63NO8. The first-order chi connectivity index (χ1) is 23.3. The largest absolute Gasteiger partial charge is 0.394 e. The predicted octanol–water partition coefficient (Wildman–Crippen LogP) is 5.65. The summed E-state index contributed by atoms with van der Waals surface area (Å²) in [6.07, 6.45) is 32.6. The first-order valence-corrected chi connectivity index (χ1v) is 17.8. The van der Waals surface area contributed by atoms with Crippen molar-refractivity contribution >= 4 is 5.91 Å². The van der Waals surface area contributed by atoms with Crippen LogP contribution in [0, 0.1) is 0 Å². The van der Waals surface area contributed by atoms with E-state index in [4.69, 9.17) is 9.47 Å². The number of nitrogens with one attached hydrogen (secondary N) is 1. The van der Waals surface area contributed by atoms with E-state index in [1.54, 1.807) is 6.08 Å². The molecule has 9 heteroatoms. The van der Waals surface area contributed by atoms with Gasteiger partial charge in [-0.15, -0.1) is 0 Å². The molecule has 1 saturated heterocycles. The third-order valence-corrected chi connectivity index (χ3v) is 7.73. The fourth-order valence-electron chi connectivity index (χ4n) is 4.79. The average Bonchev–Trinajstić information content (AvgIpc) is 3.08. The Morgan fingerprint density at radius 3 is 1.81 bits per heavy atom. The molecule has 1 amide bonds. The van der Waals surface area contributed by atoms with Crippen LogP contribution in [-0.4, -0.2) is 87.5 Å². The molecule has 0 aliphatic carbocycles. The molecule has 7 unspecified atom stereocenters. The highest BCUT2D eigenvalue weighted by atomic mass is 16.7. The summed E-state index contributed by atoms with van der Waals surface area (Å²) in [5.41, 5.74) is 0. The Balaban J connectivity index is 2.35. The number of allylic oxidation sites excluding steroid dienone is 13. The fraction of sp³-hybridized carbons (Fsp3) is 0.615. The van der Waals surface area contributed by atoms with Crippen LogP contribution >= 0.6 is 0 Å². The van der Waals surface area contributed by atoms with Gasteiger partial charge in [0.15, 0.2) is 6.29 Å².